The van der Waals surface area contributed by atoms with Crippen LogP contribution in [0, 0.1) is 0 Å². The van der Waals surface area contributed by atoms with Gasteiger partial charge in [0.25, 0.3) is 5.91 Å². The Morgan fingerprint density at radius 1 is 1.35 bits per heavy atom. The Hall–Kier alpha value is -0.630. The third-order valence-corrected chi connectivity index (χ3v) is 3.88. The smallest absolute Gasteiger partial charge is 0.251 e. The molecule has 0 aliphatic carbocycles. The lowest BCUT2D eigenvalue weighted by Gasteiger charge is -2.25. The third kappa shape index (κ3) is 6.21. The van der Waals surface area contributed by atoms with E-state index in [2.05, 4.69) is 26.0 Å². The number of amides is 1. The summed E-state index contributed by atoms with van der Waals surface area (Å²) in [7, 11) is -3.34. The molecule has 0 heterocycles. The number of carbonyl (C=O) groups is 1. The average molecular weight is 384 g/mol. The lowest BCUT2D eigenvalue weighted by atomic mass is 10.1. The lowest BCUT2D eigenvalue weighted by Crippen LogP contribution is -2.51. The Morgan fingerprint density at radius 3 is 2.45 bits per heavy atom. The highest BCUT2D eigenvalue weighted by molar-refractivity contribution is 9.10. The van der Waals surface area contributed by atoms with Gasteiger partial charge in [-0.3, -0.25) is 4.79 Å². The van der Waals surface area contributed by atoms with Crippen molar-refractivity contribution in [3.05, 3.63) is 33.3 Å². The fourth-order valence-corrected chi connectivity index (χ4v) is 3.56. The minimum atomic E-state index is -3.34. The van der Waals surface area contributed by atoms with E-state index in [1.54, 1.807) is 32.0 Å². The van der Waals surface area contributed by atoms with Gasteiger partial charge < -0.3 is 5.32 Å². The van der Waals surface area contributed by atoms with Crippen molar-refractivity contribution in [3.8, 4) is 0 Å². The predicted molar refractivity (Wildman–Crippen MR) is 83.5 cm³/mol. The molecule has 0 aromatic heterocycles. The number of hydrogen-bond donors (Lipinski definition) is 2. The summed E-state index contributed by atoms with van der Waals surface area (Å²) in [4.78, 5) is 12.0. The van der Waals surface area contributed by atoms with E-state index in [9.17, 15) is 13.2 Å². The van der Waals surface area contributed by atoms with Crippen LogP contribution in [-0.2, 0) is 10.0 Å². The Bertz CT molecular complexity index is 597. The molecule has 0 unspecified atom stereocenters. The van der Waals surface area contributed by atoms with Gasteiger partial charge in [-0.1, -0.05) is 27.5 Å². The van der Waals surface area contributed by atoms with Gasteiger partial charge in [0.1, 0.15) is 0 Å². The fraction of sp³-hybridized carbons (Fsp3) is 0.417. The molecule has 1 aromatic carbocycles. The summed E-state index contributed by atoms with van der Waals surface area (Å²) < 4.78 is 25.6. The molecule has 0 spiro atoms. The zero-order valence-corrected chi connectivity index (χ0v) is 14.5. The number of hydrogen-bond acceptors (Lipinski definition) is 3. The van der Waals surface area contributed by atoms with Gasteiger partial charge >= 0.3 is 0 Å². The first-order valence-corrected chi connectivity index (χ1v) is 8.78. The molecule has 1 aromatic rings. The van der Waals surface area contributed by atoms with Gasteiger partial charge in [0, 0.05) is 27.1 Å². The van der Waals surface area contributed by atoms with Crippen LogP contribution in [0.15, 0.2) is 22.7 Å². The molecule has 0 aliphatic heterocycles. The van der Waals surface area contributed by atoms with Crippen LogP contribution in [0.1, 0.15) is 24.2 Å². The van der Waals surface area contributed by atoms with Gasteiger partial charge in [-0.25, -0.2) is 13.1 Å². The first-order valence-electron chi connectivity index (χ1n) is 5.72. The van der Waals surface area contributed by atoms with Gasteiger partial charge in [-0.05, 0) is 32.0 Å². The molecular formula is C12H16BrClN2O3S. The molecule has 0 bridgehead atoms. The molecule has 1 rings (SSSR count). The van der Waals surface area contributed by atoms with Crippen LogP contribution in [0.3, 0.4) is 0 Å². The molecule has 0 saturated heterocycles. The highest BCUT2D eigenvalue weighted by Gasteiger charge is 2.23. The van der Waals surface area contributed by atoms with E-state index in [0.717, 1.165) is 6.26 Å². The predicted octanol–water partition coefficient (Wildman–Crippen LogP) is 2.16. The monoisotopic (exact) mass is 382 g/mol. The number of rotatable bonds is 5. The maximum absolute atomic E-state index is 12.0. The first-order chi connectivity index (χ1) is 8.98. The molecule has 0 aliphatic rings. The number of halogens is 2. The minimum absolute atomic E-state index is 0.156. The van der Waals surface area contributed by atoms with Crippen molar-refractivity contribution in [1.82, 2.24) is 10.0 Å². The quantitative estimate of drug-likeness (QED) is 0.818. The molecule has 2 N–H and O–H groups in total. The van der Waals surface area contributed by atoms with Crippen molar-refractivity contribution < 1.29 is 13.2 Å². The molecule has 0 fully saturated rings. The van der Waals surface area contributed by atoms with E-state index < -0.39 is 15.6 Å². The zero-order chi connectivity index (χ0) is 15.6. The van der Waals surface area contributed by atoms with E-state index in [4.69, 9.17) is 11.6 Å². The van der Waals surface area contributed by atoms with Crippen molar-refractivity contribution in [2.75, 3.05) is 12.8 Å². The number of carbonyl (C=O) groups excluding carboxylic acids is 1. The Kier molecular flexibility index (Phi) is 5.60. The number of sulfonamides is 1. The Morgan fingerprint density at radius 2 is 1.95 bits per heavy atom. The zero-order valence-electron chi connectivity index (χ0n) is 11.3. The maximum Gasteiger partial charge on any atom is 0.251 e. The van der Waals surface area contributed by atoms with Crippen molar-refractivity contribution in [2.45, 2.75) is 19.4 Å². The SMILES string of the molecule is CC(C)(CNC(=O)c1cc(Cl)cc(Br)c1)NS(C)(=O)=O. The first kappa shape index (κ1) is 17.4. The second-order valence-electron chi connectivity index (χ2n) is 5.10. The van der Waals surface area contributed by atoms with E-state index in [-0.39, 0.29) is 12.5 Å². The molecule has 0 saturated carbocycles. The summed E-state index contributed by atoms with van der Waals surface area (Å²) in [5.74, 6) is -0.323. The average Bonchev–Trinajstić information content (AvgIpc) is 2.21. The minimum Gasteiger partial charge on any atom is -0.350 e. The summed E-state index contributed by atoms with van der Waals surface area (Å²) in [5.41, 5.74) is -0.376. The highest BCUT2D eigenvalue weighted by atomic mass is 79.9. The van der Waals surface area contributed by atoms with Gasteiger partial charge in [0.05, 0.1) is 6.26 Å². The molecule has 8 heteroatoms. The molecule has 0 atom stereocenters. The topological polar surface area (TPSA) is 75.3 Å². The van der Waals surface area contributed by atoms with E-state index in [0.29, 0.717) is 15.1 Å². The van der Waals surface area contributed by atoms with Crippen molar-refractivity contribution in [3.63, 3.8) is 0 Å². The van der Waals surface area contributed by atoms with Crippen LogP contribution < -0.4 is 10.0 Å². The van der Waals surface area contributed by atoms with Crippen molar-refractivity contribution >= 4 is 43.5 Å². The standard InChI is InChI=1S/C12H16BrClN2O3S/c1-12(2,16-20(3,18)19)7-15-11(17)8-4-9(13)6-10(14)5-8/h4-6,16H,7H2,1-3H3,(H,15,17). The summed E-state index contributed by atoms with van der Waals surface area (Å²) in [5, 5.41) is 3.11. The number of benzene rings is 1. The summed E-state index contributed by atoms with van der Waals surface area (Å²) in [6.07, 6.45) is 1.07. The summed E-state index contributed by atoms with van der Waals surface area (Å²) in [6.45, 7) is 3.52. The second-order valence-corrected chi connectivity index (χ2v) is 8.20. The van der Waals surface area contributed by atoms with E-state index in [1.165, 1.54) is 0 Å². The largest absolute Gasteiger partial charge is 0.350 e. The van der Waals surface area contributed by atoms with Crippen LogP contribution in [-0.4, -0.2) is 32.7 Å². The van der Waals surface area contributed by atoms with E-state index >= 15 is 0 Å². The van der Waals surface area contributed by atoms with Gasteiger partial charge in [-0.15, -0.1) is 0 Å². The normalized spacial score (nSPS) is 12.2. The molecule has 20 heavy (non-hydrogen) atoms. The number of nitrogens with one attached hydrogen (secondary N) is 2. The van der Waals surface area contributed by atoms with Crippen LogP contribution in [0.2, 0.25) is 5.02 Å². The van der Waals surface area contributed by atoms with E-state index in [1.807, 2.05) is 0 Å². The molecule has 1 amide bonds. The van der Waals surface area contributed by atoms with Gasteiger partial charge in [-0.2, -0.15) is 0 Å². The Balaban J connectivity index is 2.72. The molecule has 112 valence electrons. The highest BCUT2D eigenvalue weighted by Crippen LogP contribution is 2.19. The van der Waals surface area contributed by atoms with Crippen LogP contribution in [0.25, 0.3) is 0 Å². The fourth-order valence-electron chi connectivity index (χ4n) is 1.63. The van der Waals surface area contributed by atoms with Gasteiger partial charge in [0.2, 0.25) is 10.0 Å². The summed E-state index contributed by atoms with van der Waals surface area (Å²) in [6, 6.07) is 4.85. The maximum atomic E-state index is 12.0. The van der Waals surface area contributed by atoms with Crippen LogP contribution >= 0.6 is 27.5 Å². The van der Waals surface area contributed by atoms with Crippen LogP contribution in [0.4, 0.5) is 0 Å². The van der Waals surface area contributed by atoms with Crippen molar-refractivity contribution in [1.29, 1.82) is 0 Å². The molecular weight excluding hydrogens is 368 g/mol. The summed E-state index contributed by atoms with van der Waals surface area (Å²) >= 11 is 9.13. The Labute approximate surface area is 132 Å². The lowest BCUT2D eigenvalue weighted by molar-refractivity contribution is 0.0944. The second kappa shape index (κ2) is 6.43. The molecule has 0 radical (unpaired) electrons. The van der Waals surface area contributed by atoms with Gasteiger partial charge in [0.15, 0.2) is 0 Å². The van der Waals surface area contributed by atoms with Crippen LogP contribution in [0.5, 0.6) is 0 Å². The molecule has 5 nitrogen and oxygen atoms in total. The third-order valence-electron chi connectivity index (χ3n) is 2.28. The van der Waals surface area contributed by atoms with Crippen molar-refractivity contribution in [2.24, 2.45) is 0 Å².